The first kappa shape index (κ1) is 33.2. The highest BCUT2D eigenvalue weighted by atomic mass is 16.3. The molecule has 0 amide bonds. The van der Waals surface area contributed by atoms with Crippen LogP contribution in [0, 0.1) is 0 Å². The number of fused-ring (bicyclic) bond motifs is 7. The molecule has 57 heavy (non-hydrogen) atoms. The van der Waals surface area contributed by atoms with E-state index in [2.05, 4.69) is 219 Å². The zero-order valence-electron chi connectivity index (χ0n) is 31.9. The largest absolute Gasteiger partial charge is 0.456 e. The maximum Gasteiger partial charge on any atom is 0.136 e. The summed E-state index contributed by atoms with van der Waals surface area (Å²) in [5.74, 6) is 0. The van der Waals surface area contributed by atoms with E-state index >= 15 is 0 Å². The molecule has 0 saturated carbocycles. The molecule has 270 valence electrons. The van der Waals surface area contributed by atoms with E-state index in [1.165, 1.54) is 44.2 Å². The molecule has 2 nitrogen and oxygen atoms in total. The van der Waals surface area contributed by atoms with Gasteiger partial charge in [-0.2, -0.15) is 0 Å². The molecule has 0 atom stereocenters. The van der Waals surface area contributed by atoms with Gasteiger partial charge in [-0.25, -0.2) is 0 Å². The van der Waals surface area contributed by atoms with Gasteiger partial charge in [-0.1, -0.05) is 166 Å². The number of anilines is 3. The van der Waals surface area contributed by atoms with Crippen LogP contribution in [-0.2, 0) is 5.41 Å². The zero-order chi connectivity index (χ0) is 38.1. The summed E-state index contributed by atoms with van der Waals surface area (Å²) in [5, 5.41) is 4.63. The van der Waals surface area contributed by atoms with Crippen LogP contribution >= 0.6 is 0 Å². The fourth-order valence-corrected chi connectivity index (χ4v) is 9.26. The van der Waals surface area contributed by atoms with Gasteiger partial charge in [0.25, 0.3) is 0 Å². The van der Waals surface area contributed by atoms with E-state index in [9.17, 15) is 0 Å². The normalized spacial score (nSPS) is 12.9. The summed E-state index contributed by atoms with van der Waals surface area (Å²) in [4.78, 5) is 2.50. The second kappa shape index (κ2) is 13.0. The molecule has 1 heterocycles. The minimum Gasteiger partial charge on any atom is -0.456 e. The van der Waals surface area contributed by atoms with Gasteiger partial charge < -0.3 is 9.32 Å². The third kappa shape index (κ3) is 5.33. The highest BCUT2D eigenvalue weighted by molar-refractivity contribution is 6.17. The molecule has 0 N–H and O–H groups in total. The molecule has 9 aromatic carbocycles. The van der Waals surface area contributed by atoms with Gasteiger partial charge in [0.15, 0.2) is 0 Å². The number of hydrogen-bond donors (Lipinski definition) is 0. The van der Waals surface area contributed by atoms with E-state index in [4.69, 9.17) is 4.42 Å². The Morgan fingerprint density at radius 2 is 1.07 bits per heavy atom. The van der Waals surface area contributed by atoms with Crippen LogP contribution in [0.25, 0.3) is 77.2 Å². The van der Waals surface area contributed by atoms with Crippen LogP contribution in [0.15, 0.2) is 205 Å². The van der Waals surface area contributed by atoms with Gasteiger partial charge >= 0.3 is 0 Å². The molecule has 1 aromatic heterocycles. The van der Waals surface area contributed by atoms with Crippen LogP contribution in [0.5, 0.6) is 0 Å². The smallest absolute Gasteiger partial charge is 0.136 e. The topological polar surface area (TPSA) is 16.4 Å². The molecule has 11 rings (SSSR count). The van der Waals surface area contributed by atoms with Gasteiger partial charge in [-0.3, -0.25) is 0 Å². The van der Waals surface area contributed by atoms with Crippen molar-refractivity contribution in [1.29, 1.82) is 0 Å². The van der Waals surface area contributed by atoms with E-state index in [0.717, 1.165) is 61.3 Å². The van der Waals surface area contributed by atoms with Crippen molar-refractivity contribution in [3.05, 3.63) is 211 Å². The minimum atomic E-state index is -0.168. The molecule has 10 aromatic rings. The summed E-state index contributed by atoms with van der Waals surface area (Å²) in [7, 11) is 0. The van der Waals surface area contributed by atoms with Gasteiger partial charge in [0.2, 0.25) is 0 Å². The standard InChI is InChI=1S/C55H39NO/c1-55(2)47-23-13-11-21-43(47)44-29-28-42(35-48(44)55)56(49-30-27-40(36-15-5-3-6-16-36)34-46(49)38-18-7-4-8-19-38)50-31-32-52-54(45-22-12-14-24-51(45)57-52)53(50)41-26-25-37-17-9-10-20-39(37)33-41/h3-35H,1-2H3. The Labute approximate surface area is 332 Å². The average molecular weight is 730 g/mol. The van der Waals surface area contributed by atoms with Crippen molar-refractivity contribution in [2.24, 2.45) is 0 Å². The van der Waals surface area contributed by atoms with Crippen LogP contribution in [0.2, 0.25) is 0 Å². The first-order valence-electron chi connectivity index (χ1n) is 19.8. The maximum absolute atomic E-state index is 6.61. The summed E-state index contributed by atoms with van der Waals surface area (Å²) < 4.78 is 6.61. The lowest BCUT2D eigenvalue weighted by Gasteiger charge is -2.32. The SMILES string of the molecule is CC1(C)c2ccccc2-c2ccc(N(c3ccc(-c4ccccc4)cc3-c3ccccc3)c3ccc4oc5ccccc5c4c3-c3ccc4ccccc4c3)cc21. The zero-order valence-corrected chi connectivity index (χ0v) is 31.9. The molecule has 0 saturated heterocycles. The minimum absolute atomic E-state index is 0.168. The van der Waals surface area contributed by atoms with E-state index in [-0.39, 0.29) is 5.41 Å². The summed E-state index contributed by atoms with van der Waals surface area (Å²) in [6.07, 6.45) is 0. The van der Waals surface area contributed by atoms with Gasteiger partial charge in [0.05, 0.1) is 11.4 Å². The lowest BCUT2D eigenvalue weighted by Crippen LogP contribution is -2.17. The van der Waals surface area contributed by atoms with Crippen molar-refractivity contribution in [2.45, 2.75) is 19.3 Å². The predicted molar refractivity (Wildman–Crippen MR) is 240 cm³/mol. The second-order valence-corrected chi connectivity index (χ2v) is 15.7. The number of para-hydroxylation sites is 1. The quantitative estimate of drug-likeness (QED) is 0.169. The molecule has 0 spiro atoms. The third-order valence-electron chi connectivity index (χ3n) is 12.1. The Balaban J connectivity index is 1.25. The Morgan fingerprint density at radius 3 is 1.91 bits per heavy atom. The Morgan fingerprint density at radius 1 is 0.404 bits per heavy atom. The number of rotatable bonds is 6. The average Bonchev–Trinajstić information content (AvgIpc) is 3.76. The second-order valence-electron chi connectivity index (χ2n) is 15.7. The van der Waals surface area contributed by atoms with Crippen molar-refractivity contribution in [1.82, 2.24) is 0 Å². The summed E-state index contributed by atoms with van der Waals surface area (Å²) in [5.41, 5.74) is 17.1. The monoisotopic (exact) mass is 729 g/mol. The van der Waals surface area contributed by atoms with Crippen molar-refractivity contribution < 1.29 is 4.42 Å². The van der Waals surface area contributed by atoms with Crippen LogP contribution in [0.1, 0.15) is 25.0 Å². The Bertz CT molecular complexity index is 3150. The molecule has 2 heteroatoms. The first-order valence-corrected chi connectivity index (χ1v) is 19.8. The summed E-state index contributed by atoms with van der Waals surface area (Å²) in [6, 6.07) is 72.8. The van der Waals surface area contributed by atoms with Crippen molar-refractivity contribution >= 4 is 49.8 Å². The maximum atomic E-state index is 6.61. The van der Waals surface area contributed by atoms with E-state index in [1.54, 1.807) is 0 Å². The molecule has 0 bridgehead atoms. The molecule has 0 aliphatic heterocycles. The number of benzene rings is 9. The Kier molecular flexibility index (Phi) is 7.55. The van der Waals surface area contributed by atoms with Crippen LogP contribution in [0.4, 0.5) is 17.1 Å². The van der Waals surface area contributed by atoms with Gasteiger partial charge in [0, 0.05) is 33.0 Å². The molecule has 0 radical (unpaired) electrons. The van der Waals surface area contributed by atoms with Gasteiger partial charge in [-0.15, -0.1) is 0 Å². The molecule has 1 aliphatic carbocycles. The van der Waals surface area contributed by atoms with E-state index in [0.29, 0.717) is 0 Å². The molecular weight excluding hydrogens is 691 g/mol. The molecule has 0 unspecified atom stereocenters. The third-order valence-corrected chi connectivity index (χ3v) is 12.1. The number of hydrogen-bond acceptors (Lipinski definition) is 2. The molecule has 1 aliphatic rings. The highest BCUT2D eigenvalue weighted by Crippen LogP contribution is 2.53. The summed E-state index contributed by atoms with van der Waals surface area (Å²) in [6.45, 7) is 4.72. The van der Waals surface area contributed by atoms with Gasteiger partial charge in [-0.05, 0) is 104 Å². The Hall–Kier alpha value is -7.16. The number of furan rings is 1. The molecule has 0 fully saturated rings. The van der Waals surface area contributed by atoms with E-state index < -0.39 is 0 Å². The van der Waals surface area contributed by atoms with Crippen molar-refractivity contribution in [3.63, 3.8) is 0 Å². The lowest BCUT2D eigenvalue weighted by atomic mass is 9.82. The van der Waals surface area contributed by atoms with Crippen molar-refractivity contribution in [2.75, 3.05) is 4.90 Å². The lowest BCUT2D eigenvalue weighted by molar-refractivity contribution is 0.660. The fraction of sp³-hybridized carbons (Fsp3) is 0.0545. The highest BCUT2D eigenvalue weighted by Gasteiger charge is 2.36. The van der Waals surface area contributed by atoms with Crippen LogP contribution in [-0.4, -0.2) is 0 Å². The molecular formula is C55H39NO. The van der Waals surface area contributed by atoms with E-state index in [1.807, 2.05) is 0 Å². The summed E-state index contributed by atoms with van der Waals surface area (Å²) >= 11 is 0. The fourth-order valence-electron chi connectivity index (χ4n) is 9.26. The van der Waals surface area contributed by atoms with Crippen LogP contribution < -0.4 is 4.90 Å². The van der Waals surface area contributed by atoms with Crippen molar-refractivity contribution in [3.8, 4) is 44.5 Å². The first-order chi connectivity index (χ1) is 28.0. The number of nitrogens with zero attached hydrogens (tertiary/aromatic N) is 1. The predicted octanol–water partition coefficient (Wildman–Crippen LogP) is 15.5. The van der Waals surface area contributed by atoms with Gasteiger partial charge in [0.1, 0.15) is 11.2 Å². The van der Waals surface area contributed by atoms with Crippen LogP contribution in [0.3, 0.4) is 0 Å².